The van der Waals surface area contributed by atoms with Gasteiger partial charge in [0.05, 0.1) is 18.8 Å². The zero-order valence-corrected chi connectivity index (χ0v) is 15.1. The summed E-state index contributed by atoms with van der Waals surface area (Å²) in [6.07, 6.45) is 17.8. The van der Waals surface area contributed by atoms with Gasteiger partial charge >= 0.3 is 0 Å². The molecule has 0 aromatic heterocycles. The largest absolute Gasteiger partial charge is 0.395 e. The lowest BCUT2D eigenvalue weighted by Gasteiger charge is -2.25. The second-order valence-corrected chi connectivity index (χ2v) is 6.60. The second-order valence-electron chi connectivity index (χ2n) is 6.60. The van der Waals surface area contributed by atoms with Crippen molar-refractivity contribution in [3.63, 3.8) is 0 Å². The van der Waals surface area contributed by atoms with E-state index in [1.807, 2.05) is 25.1 Å². The number of hydrogen-bond donors (Lipinski definition) is 2. The van der Waals surface area contributed by atoms with Gasteiger partial charge in [-0.2, -0.15) is 0 Å². The van der Waals surface area contributed by atoms with Gasteiger partial charge in [0, 0.05) is 0 Å². The van der Waals surface area contributed by atoms with Crippen LogP contribution in [0.1, 0.15) is 77.6 Å². The number of aliphatic hydroxyl groups is 2. The Balaban J connectivity index is 3.43. The summed E-state index contributed by atoms with van der Waals surface area (Å²) < 4.78 is 0. The molecule has 3 heteroatoms. The van der Waals surface area contributed by atoms with Crippen LogP contribution in [-0.4, -0.2) is 48.0 Å². The van der Waals surface area contributed by atoms with Crippen LogP contribution in [0.2, 0.25) is 0 Å². The van der Waals surface area contributed by atoms with Gasteiger partial charge in [0.2, 0.25) is 0 Å². The van der Waals surface area contributed by atoms with Gasteiger partial charge in [-0.15, -0.1) is 0 Å². The van der Waals surface area contributed by atoms with Crippen molar-refractivity contribution in [2.45, 2.75) is 89.7 Å². The van der Waals surface area contributed by atoms with Crippen molar-refractivity contribution in [2.24, 2.45) is 0 Å². The predicted octanol–water partition coefficient (Wildman–Crippen LogP) is 4.14. The number of hydrogen-bond acceptors (Lipinski definition) is 3. The first kappa shape index (κ1) is 21.6. The van der Waals surface area contributed by atoms with Gasteiger partial charge < -0.3 is 15.1 Å². The molecule has 0 saturated carbocycles. The van der Waals surface area contributed by atoms with E-state index in [4.69, 9.17) is 0 Å². The van der Waals surface area contributed by atoms with Crippen molar-refractivity contribution in [2.75, 3.05) is 20.7 Å². The molecular formula is C19H39NO2. The maximum atomic E-state index is 9.95. The van der Waals surface area contributed by atoms with E-state index in [2.05, 4.69) is 13.0 Å². The van der Waals surface area contributed by atoms with Crippen LogP contribution in [0.25, 0.3) is 0 Å². The lowest BCUT2D eigenvalue weighted by atomic mass is 10.1. The number of allylic oxidation sites excluding steroid dienone is 1. The fourth-order valence-electron chi connectivity index (χ4n) is 2.69. The Hall–Kier alpha value is -0.380. The van der Waals surface area contributed by atoms with E-state index in [0.29, 0.717) is 0 Å². The van der Waals surface area contributed by atoms with E-state index in [0.717, 1.165) is 6.42 Å². The van der Waals surface area contributed by atoms with E-state index in [1.165, 1.54) is 64.2 Å². The van der Waals surface area contributed by atoms with Crippen LogP contribution >= 0.6 is 0 Å². The van der Waals surface area contributed by atoms with Crippen LogP contribution in [0, 0.1) is 0 Å². The third-order valence-electron chi connectivity index (χ3n) is 4.30. The van der Waals surface area contributed by atoms with Crippen LogP contribution in [0.5, 0.6) is 0 Å². The lowest BCUT2D eigenvalue weighted by Crippen LogP contribution is -2.40. The van der Waals surface area contributed by atoms with Crippen molar-refractivity contribution in [1.29, 1.82) is 0 Å². The molecule has 0 fully saturated rings. The molecule has 2 atom stereocenters. The first-order chi connectivity index (χ1) is 10.6. The van der Waals surface area contributed by atoms with E-state index < -0.39 is 6.10 Å². The molecule has 0 rings (SSSR count). The number of nitrogens with zero attached hydrogens (tertiary/aromatic N) is 1. The highest BCUT2D eigenvalue weighted by molar-refractivity contribution is 4.94. The van der Waals surface area contributed by atoms with Crippen molar-refractivity contribution in [3.8, 4) is 0 Å². The van der Waals surface area contributed by atoms with Gasteiger partial charge in [0.1, 0.15) is 0 Å². The van der Waals surface area contributed by atoms with E-state index in [9.17, 15) is 10.2 Å². The van der Waals surface area contributed by atoms with Gasteiger partial charge in [-0.3, -0.25) is 0 Å². The standard InChI is InChI=1S/C19H39NO2/c1-4-5-6-7-8-9-10-11-12-13-14-15-16-19(22)18(17-21)20(2)3/h15-16,18-19,21-22H,4-14,17H2,1-3H3/b16-15+/t18-,19+/m0/s1. The monoisotopic (exact) mass is 313 g/mol. The number of unbranched alkanes of at least 4 members (excludes halogenated alkanes) is 10. The number of likely N-dealkylation sites (N-methyl/N-ethyl adjacent to an activating group) is 1. The third-order valence-corrected chi connectivity index (χ3v) is 4.30. The summed E-state index contributed by atoms with van der Waals surface area (Å²) >= 11 is 0. The molecule has 0 heterocycles. The Labute approximate surface area is 138 Å². The zero-order valence-electron chi connectivity index (χ0n) is 15.1. The van der Waals surface area contributed by atoms with Crippen LogP contribution in [0.4, 0.5) is 0 Å². The minimum atomic E-state index is -0.580. The third kappa shape index (κ3) is 12.2. The Morgan fingerprint density at radius 1 is 0.864 bits per heavy atom. The second kappa shape index (κ2) is 15.5. The van der Waals surface area contributed by atoms with Gasteiger partial charge in [-0.1, -0.05) is 76.9 Å². The molecule has 22 heavy (non-hydrogen) atoms. The maximum absolute atomic E-state index is 9.95. The highest BCUT2D eigenvalue weighted by Crippen LogP contribution is 2.11. The summed E-state index contributed by atoms with van der Waals surface area (Å²) in [6.45, 7) is 2.24. The molecular weight excluding hydrogens is 274 g/mol. The summed E-state index contributed by atoms with van der Waals surface area (Å²) in [7, 11) is 3.75. The molecule has 132 valence electrons. The van der Waals surface area contributed by atoms with Crippen LogP contribution in [-0.2, 0) is 0 Å². The average Bonchev–Trinajstić information content (AvgIpc) is 2.48. The predicted molar refractivity (Wildman–Crippen MR) is 96.2 cm³/mol. The lowest BCUT2D eigenvalue weighted by molar-refractivity contribution is 0.0672. The average molecular weight is 314 g/mol. The Kier molecular flexibility index (Phi) is 15.2. The first-order valence-corrected chi connectivity index (χ1v) is 9.25. The molecule has 0 spiro atoms. The minimum Gasteiger partial charge on any atom is -0.395 e. The normalized spacial score (nSPS) is 14.8. The molecule has 0 aliphatic rings. The molecule has 0 aromatic carbocycles. The minimum absolute atomic E-state index is 0.0171. The summed E-state index contributed by atoms with van der Waals surface area (Å²) in [4.78, 5) is 1.86. The molecule has 0 saturated heterocycles. The highest BCUT2D eigenvalue weighted by atomic mass is 16.3. The van der Waals surface area contributed by atoms with Gasteiger partial charge in [0.15, 0.2) is 0 Å². The smallest absolute Gasteiger partial charge is 0.0898 e. The molecule has 0 radical (unpaired) electrons. The molecule has 0 unspecified atom stereocenters. The van der Waals surface area contributed by atoms with Gasteiger partial charge in [-0.05, 0) is 26.9 Å². The fourth-order valence-corrected chi connectivity index (χ4v) is 2.69. The Bertz CT molecular complexity index is 254. The first-order valence-electron chi connectivity index (χ1n) is 9.25. The molecule has 0 amide bonds. The van der Waals surface area contributed by atoms with Crippen LogP contribution in [0.15, 0.2) is 12.2 Å². The zero-order chi connectivity index (χ0) is 16.6. The van der Waals surface area contributed by atoms with E-state index in [-0.39, 0.29) is 12.6 Å². The molecule has 2 N–H and O–H groups in total. The quantitative estimate of drug-likeness (QED) is 0.353. The van der Waals surface area contributed by atoms with Crippen molar-refractivity contribution in [1.82, 2.24) is 4.90 Å². The molecule has 0 bridgehead atoms. The van der Waals surface area contributed by atoms with E-state index in [1.54, 1.807) is 0 Å². The van der Waals surface area contributed by atoms with Gasteiger partial charge in [0.25, 0.3) is 0 Å². The van der Waals surface area contributed by atoms with E-state index >= 15 is 0 Å². The van der Waals surface area contributed by atoms with Crippen molar-refractivity contribution in [3.05, 3.63) is 12.2 Å². The molecule has 0 aromatic rings. The highest BCUT2D eigenvalue weighted by Gasteiger charge is 2.17. The summed E-state index contributed by atoms with van der Waals surface area (Å²) in [5.74, 6) is 0. The van der Waals surface area contributed by atoms with Gasteiger partial charge in [-0.25, -0.2) is 0 Å². The maximum Gasteiger partial charge on any atom is 0.0898 e. The topological polar surface area (TPSA) is 43.7 Å². The molecule has 0 aliphatic heterocycles. The van der Waals surface area contributed by atoms with Crippen molar-refractivity contribution < 1.29 is 10.2 Å². The summed E-state index contributed by atoms with van der Waals surface area (Å²) in [6, 6.07) is -0.205. The summed E-state index contributed by atoms with van der Waals surface area (Å²) in [5, 5.41) is 19.2. The number of rotatable bonds is 15. The van der Waals surface area contributed by atoms with Crippen molar-refractivity contribution >= 4 is 0 Å². The summed E-state index contributed by atoms with van der Waals surface area (Å²) in [5.41, 5.74) is 0. The van der Waals surface area contributed by atoms with Crippen LogP contribution in [0.3, 0.4) is 0 Å². The van der Waals surface area contributed by atoms with Crippen LogP contribution < -0.4 is 0 Å². The SMILES string of the molecule is CCCCCCCCCCCC/C=C/[C@@H](O)[C@H](CO)N(C)C. The Morgan fingerprint density at radius 2 is 1.36 bits per heavy atom. The number of aliphatic hydroxyl groups excluding tert-OH is 2. The molecule has 3 nitrogen and oxygen atoms in total. The fraction of sp³-hybridized carbons (Fsp3) is 0.895. The Morgan fingerprint density at radius 3 is 1.82 bits per heavy atom. The molecule has 0 aliphatic carbocycles.